The molecule has 15 heavy (non-hydrogen) atoms. The fourth-order valence-corrected chi connectivity index (χ4v) is 0.358. The summed E-state index contributed by atoms with van der Waals surface area (Å²) in [5.74, 6) is 0.0463. The van der Waals surface area contributed by atoms with Crippen LogP contribution in [0, 0.1) is 11.3 Å². The summed E-state index contributed by atoms with van der Waals surface area (Å²) in [5, 5.41) is 50.3. The Hall–Kier alpha value is -0.240. The molecule has 0 spiro atoms. The van der Waals surface area contributed by atoms with E-state index in [4.69, 9.17) is 30.6 Å². The van der Waals surface area contributed by atoms with Gasteiger partial charge in [0.25, 0.3) is 0 Å². The molecule has 0 unspecified atom stereocenters. The van der Waals surface area contributed by atoms with Crippen LogP contribution in [0.1, 0.15) is 6.92 Å². The highest BCUT2D eigenvalue weighted by atomic mass is 16.3. The quantitative estimate of drug-likeness (QED) is 0.299. The molecule has 6 nitrogen and oxygen atoms in total. The van der Waals surface area contributed by atoms with Gasteiger partial charge in [-0.2, -0.15) is 0 Å². The van der Waals surface area contributed by atoms with E-state index in [2.05, 4.69) is 0 Å². The minimum Gasteiger partial charge on any atom is -0.396 e. The second-order valence-corrected chi connectivity index (χ2v) is 3.60. The van der Waals surface area contributed by atoms with E-state index in [0.717, 1.165) is 0 Å². The Balaban J connectivity index is 0. The molecule has 0 amide bonds. The first kappa shape index (κ1) is 17.2. The number of hydrogen-bond donors (Lipinski definition) is 6. The van der Waals surface area contributed by atoms with E-state index in [1.54, 1.807) is 6.92 Å². The molecule has 94 valence electrons. The summed E-state index contributed by atoms with van der Waals surface area (Å²) < 4.78 is 0. The largest absolute Gasteiger partial charge is 0.396 e. The van der Waals surface area contributed by atoms with Crippen LogP contribution < -0.4 is 0 Å². The second-order valence-electron chi connectivity index (χ2n) is 3.60. The third kappa shape index (κ3) is 7.66. The molecule has 0 atom stereocenters. The minimum atomic E-state index is -1.11. The molecular weight excluding hydrogens is 204 g/mol. The van der Waals surface area contributed by atoms with Gasteiger partial charge in [0.1, 0.15) is 0 Å². The lowest BCUT2D eigenvalue weighted by Crippen LogP contribution is -2.37. The molecule has 0 aliphatic heterocycles. The monoisotopic (exact) mass is 226 g/mol. The zero-order valence-electron chi connectivity index (χ0n) is 9.00. The van der Waals surface area contributed by atoms with Gasteiger partial charge in [-0.05, 0) is 0 Å². The smallest absolute Gasteiger partial charge is 0.0627 e. The lowest BCUT2D eigenvalue weighted by Gasteiger charge is -2.23. The van der Waals surface area contributed by atoms with Gasteiger partial charge in [-0.25, -0.2) is 0 Å². The van der Waals surface area contributed by atoms with Crippen molar-refractivity contribution in [2.45, 2.75) is 6.92 Å². The van der Waals surface area contributed by atoms with Crippen LogP contribution in [-0.4, -0.2) is 70.3 Å². The van der Waals surface area contributed by atoms with E-state index in [-0.39, 0.29) is 19.1 Å². The van der Waals surface area contributed by atoms with Gasteiger partial charge in [0.2, 0.25) is 0 Å². The molecule has 0 heterocycles. The van der Waals surface area contributed by atoms with Crippen molar-refractivity contribution in [3.63, 3.8) is 0 Å². The lowest BCUT2D eigenvalue weighted by molar-refractivity contribution is -0.0328. The zero-order valence-corrected chi connectivity index (χ0v) is 9.00. The van der Waals surface area contributed by atoms with E-state index in [9.17, 15) is 0 Å². The van der Waals surface area contributed by atoms with Gasteiger partial charge in [0.05, 0.1) is 31.8 Å². The molecule has 0 rings (SSSR count). The molecule has 0 aliphatic rings. The van der Waals surface area contributed by atoms with Crippen LogP contribution >= 0.6 is 0 Å². The predicted molar refractivity (Wildman–Crippen MR) is 54.1 cm³/mol. The number of hydrogen-bond acceptors (Lipinski definition) is 6. The van der Waals surface area contributed by atoms with Gasteiger partial charge in [-0.15, -0.1) is 0 Å². The number of aliphatic hydroxyl groups is 6. The number of aliphatic hydroxyl groups excluding tert-OH is 6. The first-order valence-corrected chi connectivity index (χ1v) is 4.71. The summed E-state index contributed by atoms with van der Waals surface area (Å²) in [4.78, 5) is 0. The van der Waals surface area contributed by atoms with E-state index in [0.29, 0.717) is 0 Å². The maximum Gasteiger partial charge on any atom is 0.0627 e. The topological polar surface area (TPSA) is 121 Å². The van der Waals surface area contributed by atoms with Gasteiger partial charge in [-0.3, -0.25) is 0 Å². The van der Waals surface area contributed by atoms with Crippen molar-refractivity contribution in [3.05, 3.63) is 0 Å². The van der Waals surface area contributed by atoms with Crippen molar-refractivity contribution in [2.24, 2.45) is 11.3 Å². The highest BCUT2D eigenvalue weighted by Crippen LogP contribution is 2.11. The van der Waals surface area contributed by atoms with E-state index < -0.39 is 31.8 Å². The highest BCUT2D eigenvalue weighted by molar-refractivity contribution is 4.74. The Labute approximate surface area is 89.4 Å². The van der Waals surface area contributed by atoms with Crippen LogP contribution in [0.5, 0.6) is 0 Å². The van der Waals surface area contributed by atoms with Crippen LogP contribution in [0.25, 0.3) is 0 Å². The fourth-order valence-electron chi connectivity index (χ4n) is 0.358. The van der Waals surface area contributed by atoms with Gasteiger partial charge in [0.15, 0.2) is 0 Å². The summed E-state index contributed by atoms with van der Waals surface area (Å²) in [6.45, 7) is 0.312. The number of rotatable bonds is 6. The predicted octanol–water partition coefficient (Wildman–Crippen LogP) is -2.45. The highest BCUT2D eigenvalue weighted by Gasteiger charge is 2.26. The Morgan fingerprint density at radius 3 is 1.00 bits per heavy atom. The molecule has 0 aromatic carbocycles. The Bertz CT molecular complexity index is 104. The standard InChI is InChI=1S/C5H12O4.C4H10O2/c6-1-5(2-7,3-8)4-9;1-4(2-5)3-6/h6-9H,1-4H2;4-6H,2-3H2,1H3. The van der Waals surface area contributed by atoms with Crippen molar-refractivity contribution in [3.8, 4) is 0 Å². The Kier molecular flexibility index (Phi) is 11.8. The molecule has 0 aromatic rings. The normalized spacial score (nSPS) is 11.2. The summed E-state index contributed by atoms with van der Waals surface area (Å²) in [6, 6.07) is 0. The van der Waals surface area contributed by atoms with Crippen LogP contribution in [0.4, 0.5) is 0 Å². The molecule has 6 N–H and O–H groups in total. The Morgan fingerprint density at radius 1 is 0.733 bits per heavy atom. The molecule has 0 fully saturated rings. The maximum atomic E-state index is 8.50. The van der Waals surface area contributed by atoms with Crippen molar-refractivity contribution < 1.29 is 30.6 Å². The van der Waals surface area contributed by atoms with Gasteiger partial charge >= 0.3 is 0 Å². The summed E-state index contributed by atoms with van der Waals surface area (Å²) in [5.41, 5.74) is -1.11. The third-order valence-electron chi connectivity index (χ3n) is 1.96. The van der Waals surface area contributed by atoms with E-state index >= 15 is 0 Å². The van der Waals surface area contributed by atoms with Crippen LogP contribution in [0.15, 0.2) is 0 Å². The summed E-state index contributed by atoms with van der Waals surface area (Å²) in [6.07, 6.45) is 0. The van der Waals surface area contributed by atoms with E-state index in [1.807, 2.05) is 0 Å². The first-order valence-electron chi connectivity index (χ1n) is 4.71. The molecule has 0 saturated carbocycles. The van der Waals surface area contributed by atoms with Crippen LogP contribution in [-0.2, 0) is 0 Å². The van der Waals surface area contributed by atoms with Gasteiger partial charge < -0.3 is 30.6 Å². The van der Waals surface area contributed by atoms with E-state index in [1.165, 1.54) is 0 Å². The summed E-state index contributed by atoms with van der Waals surface area (Å²) >= 11 is 0. The molecule has 0 bridgehead atoms. The van der Waals surface area contributed by atoms with Crippen LogP contribution in [0.2, 0.25) is 0 Å². The fraction of sp³-hybridized carbons (Fsp3) is 1.00. The molecule has 0 aromatic heterocycles. The van der Waals surface area contributed by atoms with Crippen molar-refractivity contribution in [1.29, 1.82) is 0 Å². The van der Waals surface area contributed by atoms with Gasteiger partial charge in [-0.1, -0.05) is 6.92 Å². The molecule has 0 aliphatic carbocycles. The van der Waals surface area contributed by atoms with Crippen molar-refractivity contribution >= 4 is 0 Å². The van der Waals surface area contributed by atoms with Gasteiger partial charge in [0, 0.05) is 19.1 Å². The molecular formula is C9H22O6. The SMILES string of the molecule is CC(CO)CO.OCC(CO)(CO)CO. The van der Waals surface area contributed by atoms with Crippen LogP contribution in [0.3, 0.4) is 0 Å². The van der Waals surface area contributed by atoms with Crippen molar-refractivity contribution in [1.82, 2.24) is 0 Å². The lowest BCUT2D eigenvalue weighted by atomic mass is 9.93. The Morgan fingerprint density at radius 2 is 1.00 bits per heavy atom. The summed E-state index contributed by atoms with van der Waals surface area (Å²) in [7, 11) is 0. The zero-order chi connectivity index (χ0) is 12.3. The molecule has 0 radical (unpaired) electrons. The van der Waals surface area contributed by atoms with Crippen molar-refractivity contribution in [2.75, 3.05) is 39.6 Å². The molecule has 6 heteroatoms. The first-order chi connectivity index (χ1) is 7.05. The second kappa shape index (κ2) is 10.3. The maximum absolute atomic E-state index is 8.50. The average Bonchev–Trinajstić information content (AvgIpc) is 2.32. The third-order valence-corrected chi connectivity index (χ3v) is 1.96. The molecule has 0 saturated heterocycles. The minimum absolute atomic E-state index is 0.0463. The average molecular weight is 226 g/mol.